The van der Waals surface area contributed by atoms with Crippen molar-refractivity contribution in [1.82, 2.24) is 20.4 Å². The number of ether oxygens (including phenoxy) is 2. The fourth-order valence-electron chi connectivity index (χ4n) is 4.37. The number of hydrogen-bond acceptors (Lipinski definition) is 6. The molecule has 0 spiro atoms. The Morgan fingerprint density at radius 2 is 1.94 bits per heavy atom. The SMILES string of the molecule is COc1ccc(-c2noc(C3=C(C)N(CC4CCCO4)C(=S)NC3c3ccc(Cl)cc3)n2)cc1. The van der Waals surface area contributed by atoms with Gasteiger partial charge in [0.15, 0.2) is 5.11 Å². The molecule has 1 fully saturated rings. The van der Waals surface area contributed by atoms with Crippen LogP contribution in [0.15, 0.2) is 58.8 Å². The number of allylic oxidation sites excluding steroid dienone is 1. The van der Waals surface area contributed by atoms with E-state index in [1.807, 2.05) is 55.5 Å². The van der Waals surface area contributed by atoms with Crippen LogP contribution in [0.2, 0.25) is 5.02 Å². The molecule has 2 atom stereocenters. The highest BCUT2D eigenvalue weighted by atomic mass is 35.5. The number of benzene rings is 2. The Morgan fingerprint density at radius 3 is 2.62 bits per heavy atom. The molecular weight excluding hydrogens is 472 g/mol. The molecule has 34 heavy (non-hydrogen) atoms. The molecule has 176 valence electrons. The fraction of sp³-hybridized carbons (Fsp3) is 0.320. The van der Waals surface area contributed by atoms with Gasteiger partial charge in [0, 0.05) is 22.9 Å². The maximum Gasteiger partial charge on any atom is 0.258 e. The Hall–Kier alpha value is -2.94. The van der Waals surface area contributed by atoms with Crippen LogP contribution in [-0.2, 0) is 4.74 Å². The average molecular weight is 497 g/mol. The minimum absolute atomic E-state index is 0.139. The lowest BCUT2D eigenvalue weighted by molar-refractivity contribution is 0.0962. The van der Waals surface area contributed by atoms with E-state index in [1.54, 1.807) is 7.11 Å². The molecule has 2 aliphatic rings. The van der Waals surface area contributed by atoms with Crippen LogP contribution in [0.1, 0.15) is 37.3 Å². The van der Waals surface area contributed by atoms with Gasteiger partial charge in [0.1, 0.15) is 5.75 Å². The molecule has 1 aromatic heterocycles. The summed E-state index contributed by atoms with van der Waals surface area (Å²) < 4.78 is 16.9. The number of nitrogens with one attached hydrogen (secondary N) is 1. The third-order valence-electron chi connectivity index (χ3n) is 6.21. The second kappa shape index (κ2) is 9.74. The van der Waals surface area contributed by atoms with Gasteiger partial charge >= 0.3 is 0 Å². The summed E-state index contributed by atoms with van der Waals surface area (Å²) in [4.78, 5) is 6.82. The molecular formula is C25H25ClN4O3S. The van der Waals surface area contributed by atoms with Crippen LogP contribution in [0.25, 0.3) is 17.0 Å². The smallest absolute Gasteiger partial charge is 0.258 e. The Balaban J connectivity index is 1.55. The highest BCUT2D eigenvalue weighted by Gasteiger charge is 2.35. The molecule has 2 unspecified atom stereocenters. The Kier molecular flexibility index (Phi) is 6.54. The van der Waals surface area contributed by atoms with Crippen molar-refractivity contribution in [2.24, 2.45) is 0 Å². The molecule has 0 amide bonds. The van der Waals surface area contributed by atoms with E-state index in [2.05, 4.69) is 15.4 Å². The van der Waals surface area contributed by atoms with Gasteiger partial charge in [0.2, 0.25) is 5.82 Å². The second-order valence-corrected chi connectivity index (χ2v) is 9.15. The van der Waals surface area contributed by atoms with E-state index in [4.69, 9.17) is 42.8 Å². The van der Waals surface area contributed by atoms with E-state index in [1.165, 1.54) is 0 Å². The van der Waals surface area contributed by atoms with Crippen LogP contribution in [0.5, 0.6) is 5.75 Å². The quantitative estimate of drug-likeness (QED) is 0.464. The van der Waals surface area contributed by atoms with Gasteiger partial charge in [-0.25, -0.2) is 0 Å². The summed E-state index contributed by atoms with van der Waals surface area (Å²) in [5.74, 6) is 1.71. The lowest BCUT2D eigenvalue weighted by Crippen LogP contribution is -2.48. The van der Waals surface area contributed by atoms with Crippen molar-refractivity contribution in [2.75, 3.05) is 20.3 Å². The molecule has 1 N–H and O–H groups in total. The number of aromatic nitrogens is 2. The lowest BCUT2D eigenvalue weighted by Gasteiger charge is -2.38. The third-order valence-corrected chi connectivity index (χ3v) is 6.80. The summed E-state index contributed by atoms with van der Waals surface area (Å²) in [6.45, 7) is 3.50. The van der Waals surface area contributed by atoms with Crippen molar-refractivity contribution < 1.29 is 14.0 Å². The summed E-state index contributed by atoms with van der Waals surface area (Å²) in [7, 11) is 1.64. The van der Waals surface area contributed by atoms with Crippen molar-refractivity contribution in [3.8, 4) is 17.1 Å². The van der Waals surface area contributed by atoms with Crippen molar-refractivity contribution >= 4 is 34.5 Å². The van der Waals surface area contributed by atoms with Crippen molar-refractivity contribution in [3.63, 3.8) is 0 Å². The van der Waals surface area contributed by atoms with Crippen molar-refractivity contribution in [3.05, 3.63) is 70.7 Å². The number of halogens is 1. The van der Waals surface area contributed by atoms with Gasteiger partial charge in [-0.05, 0) is 73.9 Å². The summed E-state index contributed by atoms with van der Waals surface area (Å²) >= 11 is 11.9. The minimum Gasteiger partial charge on any atom is -0.497 e. The lowest BCUT2D eigenvalue weighted by atomic mass is 9.94. The van der Waals surface area contributed by atoms with Gasteiger partial charge < -0.3 is 24.2 Å². The zero-order chi connectivity index (χ0) is 23.7. The molecule has 2 aliphatic heterocycles. The molecule has 1 saturated heterocycles. The highest BCUT2D eigenvalue weighted by Crippen LogP contribution is 2.38. The molecule has 9 heteroatoms. The average Bonchev–Trinajstić information content (AvgIpc) is 3.54. The van der Waals surface area contributed by atoms with Gasteiger partial charge in [-0.3, -0.25) is 0 Å². The van der Waals surface area contributed by atoms with E-state index in [-0.39, 0.29) is 12.1 Å². The molecule has 0 bridgehead atoms. The molecule has 0 aliphatic carbocycles. The van der Waals surface area contributed by atoms with E-state index < -0.39 is 0 Å². The topological polar surface area (TPSA) is 72.7 Å². The highest BCUT2D eigenvalue weighted by molar-refractivity contribution is 7.80. The van der Waals surface area contributed by atoms with E-state index in [0.717, 1.165) is 47.6 Å². The molecule has 3 aromatic rings. The largest absolute Gasteiger partial charge is 0.497 e. The molecule has 2 aromatic carbocycles. The van der Waals surface area contributed by atoms with E-state index in [9.17, 15) is 0 Å². The summed E-state index contributed by atoms with van der Waals surface area (Å²) in [6, 6.07) is 15.0. The zero-order valence-electron chi connectivity index (χ0n) is 19.0. The number of hydrogen-bond donors (Lipinski definition) is 1. The van der Waals surface area contributed by atoms with Crippen LogP contribution in [0.3, 0.4) is 0 Å². The summed E-state index contributed by atoms with van der Waals surface area (Å²) in [5.41, 5.74) is 3.68. The maximum atomic E-state index is 6.14. The number of rotatable bonds is 6. The Bertz CT molecular complexity index is 1200. The Labute approximate surface area is 208 Å². The van der Waals surface area contributed by atoms with Gasteiger partial charge in [-0.2, -0.15) is 4.98 Å². The molecule has 0 saturated carbocycles. The summed E-state index contributed by atoms with van der Waals surface area (Å²) in [6.07, 6.45) is 2.22. The minimum atomic E-state index is -0.255. The normalized spacial score (nSPS) is 20.6. The van der Waals surface area contributed by atoms with Gasteiger partial charge in [0.25, 0.3) is 5.89 Å². The molecule has 7 nitrogen and oxygen atoms in total. The zero-order valence-corrected chi connectivity index (χ0v) is 20.5. The maximum absolute atomic E-state index is 6.14. The molecule has 0 radical (unpaired) electrons. The van der Waals surface area contributed by atoms with Crippen LogP contribution < -0.4 is 10.1 Å². The van der Waals surface area contributed by atoms with Crippen LogP contribution in [0, 0.1) is 0 Å². The van der Waals surface area contributed by atoms with Crippen LogP contribution in [-0.4, -0.2) is 46.5 Å². The van der Waals surface area contributed by atoms with E-state index in [0.29, 0.717) is 28.4 Å². The Morgan fingerprint density at radius 1 is 1.18 bits per heavy atom. The first kappa shape index (κ1) is 22.8. The number of thiocarbonyl (C=S) groups is 1. The predicted octanol–water partition coefficient (Wildman–Crippen LogP) is 5.24. The molecule has 3 heterocycles. The van der Waals surface area contributed by atoms with Crippen LogP contribution in [0.4, 0.5) is 0 Å². The second-order valence-electron chi connectivity index (χ2n) is 8.33. The fourth-order valence-corrected chi connectivity index (χ4v) is 4.82. The van der Waals surface area contributed by atoms with Gasteiger partial charge in [-0.1, -0.05) is 28.9 Å². The number of methoxy groups -OCH3 is 1. The predicted molar refractivity (Wildman–Crippen MR) is 134 cm³/mol. The number of nitrogens with zero attached hydrogens (tertiary/aromatic N) is 3. The molecule has 5 rings (SSSR count). The first-order valence-electron chi connectivity index (χ1n) is 11.2. The standard InChI is InChI=1S/C25H25ClN4O3S/c1-15-21(24-28-23(29-33-24)17-7-11-19(31-2)12-8-17)22(16-5-9-18(26)10-6-16)27-25(34)30(15)14-20-4-3-13-32-20/h5-12,20,22H,3-4,13-14H2,1-2H3,(H,27,34). The third kappa shape index (κ3) is 4.53. The van der Waals surface area contributed by atoms with Crippen molar-refractivity contribution in [2.45, 2.75) is 31.9 Å². The van der Waals surface area contributed by atoms with Crippen LogP contribution >= 0.6 is 23.8 Å². The first-order valence-corrected chi connectivity index (χ1v) is 12.0. The summed E-state index contributed by atoms with van der Waals surface area (Å²) in [5, 5.41) is 9.05. The monoisotopic (exact) mass is 496 g/mol. The first-order chi connectivity index (χ1) is 16.5. The van der Waals surface area contributed by atoms with E-state index >= 15 is 0 Å². The van der Waals surface area contributed by atoms with Gasteiger partial charge in [0.05, 0.1) is 31.4 Å². The van der Waals surface area contributed by atoms with Gasteiger partial charge in [-0.15, -0.1) is 0 Å². The van der Waals surface area contributed by atoms with Crippen molar-refractivity contribution in [1.29, 1.82) is 0 Å².